The number of carbonyl (C=O) groups is 3. The number of nitrogens with one attached hydrogen (secondary N) is 1. The quantitative estimate of drug-likeness (QED) is 0.208. The lowest BCUT2D eigenvalue weighted by molar-refractivity contribution is -0.141. The van der Waals surface area contributed by atoms with Crippen LogP contribution in [0.15, 0.2) is 91.0 Å². The highest BCUT2D eigenvalue weighted by Gasteiger charge is 2.33. The van der Waals surface area contributed by atoms with Gasteiger partial charge in [-0.25, -0.2) is 4.39 Å². The van der Waals surface area contributed by atoms with Gasteiger partial charge in [0.25, 0.3) is 5.91 Å². The average Bonchev–Trinajstić information content (AvgIpc) is 3.32. The molecule has 6 nitrogen and oxygen atoms in total. The third-order valence-corrected chi connectivity index (χ3v) is 8.91. The number of rotatable bonds is 11. The highest BCUT2D eigenvalue weighted by atomic mass is 19.1. The molecular formula is C37H38FN3O3. The summed E-state index contributed by atoms with van der Waals surface area (Å²) >= 11 is 0. The third kappa shape index (κ3) is 6.52. The lowest BCUT2D eigenvalue weighted by Crippen LogP contribution is -2.52. The number of hydrogen-bond donors (Lipinski definition) is 1. The summed E-state index contributed by atoms with van der Waals surface area (Å²) < 4.78 is 13.8. The van der Waals surface area contributed by atoms with Crippen LogP contribution < -0.4 is 10.2 Å². The van der Waals surface area contributed by atoms with Crippen LogP contribution in [0.2, 0.25) is 0 Å². The third-order valence-electron chi connectivity index (χ3n) is 8.91. The fourth-order valence-electron chi connectivity index (χ4n) is 6.62. The first kappa shape index (κ1) is 29.5. The van der Waals surface area contributed by atoms with Gasteiger partial charge >= 0.3 is 0 Å². The van der Waals surface area contributed by atoms with E-state index in [1.165, 1.54) is 18.6 Å². The lowest BCUT2D eigenvalue weighted by Gasteiger charge is -2.33. The van der Waals surface area contributed by atoms with E-state index >= 15 is 0 Å². The van der Waals surface area contributed by atoms with E-state index in [0.29, 0.717) is 24.9 Å². The molecular weight excluding hydrogens is 553 g/mol. The molecule has 1 aliphatic carbocycles. The SMILES string of the molecule is O=C(NC1CCCCC1)[C@H](Cc1ccccc1)N(Cc1ccc(F)cc1)C(=O)CCCN1C(=O)c2cccc3cccc1c23. The van der Waals surface area contributed by atoms with Gasteiger partial charge in [0.2, 0.25) is 11.8 Å². The summed E-state index contributed by atoms with van der Waals surface area (Å²) in [6.07, 6.45) is 6.20. The first-order chi connectivity index (χ1) is 21.5. The van der Waals surface area contributed by atoms with Crippen LogP contribution in [0.3, 0.4) is 0 Å². The first-order valence-corrected chi connectivity index (χ1v) is 15.7. The van der Waals surface area contributed by atoms with E-state index in [1.54, 1.807) is 21.9 Å². The Morgan fingerprint density at radius 1 is 0.864 bits per heavy atom. The molecule has 4 aromatic rings. The second-order valence-corrected chi connectivity index (χ2v) is 11.9. The van der Waals surface area contributed by atoms with Crippen LogP contribution in [0.25, 0.3) is 10.8 Å². The fraction of sp³-hybridized carbons (Fsp3) is 0.324. The summed E-state index contributed by atoms with van der Waals surface area (Å²) in [5.41, 5.74) is 3.26. The maximum absolute atomic E-state index is 14.1. The van der Waals surface area contributed by atoms with Crippen LogP contribution in [0.5, 0.6) is 0 Å². The van der Waals surface area contributed by atoms with Crippen LogP contribution in [-0.4, -0.2) is 41.2 Å². The Morgan fingerprint density at radius 2 is 1.59 bits per heavy atom. The van der Waals surface area contributed by atoms with Gasteiger partial charge in [0, 0.05) is 42.9 Å². The van der Waals surface area contributed by atoms with Crippen LogP contribution in [0.1, 0.15) is 66.4 Å². The highest BCUT2D eigenvalue weighted by Crippen LogP contribution is 2.37. The van der Waals surface area contributed by atoms with Gasteiger partial charge in [-0.05, 0) is 60.0 Å². The molecule has 0 unspecified atom stereocenters. The Labute approximate surface area is 257 Å². The molecule has 1 aliphatic heterocycles. The van der Waals surface area contributed by atoms with E-state index in [1.807, 2.05) is 66.7 Å². The molecule has 0 radical (unpaired) electrons. The Hall–Kier alpha value is -4.52. The molecule has 1 saturated carbocycles. The Morgan fingerprint density at radius 3 is 2.34 bits per heavy atom. The predicted octanol–water partition coefficient (Wildman–Crippen LogP) is 6.81. The number of halogens is 1. The summed E-state index contributed by atoms with van der Waals surface area (Å²) in [6.45, 7) is 0.572. The van der Waals surface area contributed by atoms with Gasteiger partial charge in [-0.3, -0.25) is 14.4 Å². The van der Waals surface area contributed by atoms with E-state index in [4.69, 9.17) is 0 Å². The minimum Gasteiger partial charge on any atom is -0.352 e. The maximum atomic E-state index is 14.1. The Kier molecular flexibility index (Phi) is 9.01. The molecule has 7 heteroatoms. The molecule has 1 N–H and O–H groups in total. The van der Waals surface area contributed by atoms with Crippen molar-refractivity contribution >= 4 is 34.2 Å². The average molecular weight is 592 g/mol. The van der Waals surface area contributed by atoms with Crippen LogP contribution >= 0.6 is 0 Å². The van der Waals surface area contributed by atoms with Gasteiger partial charge in [0.05, 0.1) is 5.69 Å². The normalized spacial score (nSPS) is 15.4. The summed E-state index contributed by atoms with van der Waals surface area (Å²) in [5.74, 6) is -0.737. The molecule has 0 spiro atoms. The zero-order valence-electron chi connectivity index (χ0n) is 24.9. The van der Waals surface area contributed by atoms with E-state index in [-0.39, 0.29) is 42.5 Å². The number of nitrogens with zero attached hydrogens (tertiary/aromatic N) is 2. The summed E-state index contributed by atoms with van der Waals surface area (Å²) in [4.78, 5) is 44.7. The number of benzene rings is 4. The predicted molar refractivity (Wildman–Crippen MR) is 171 cm³/mol. The lowest BCUT2D eigenvalue weighted by atomic mass is 9.94. The summed E-state index contributed by atoms with van der Waals surface area (Å²) in [5, 5.41) is 5.22. The first-order valence-electron chi connectivity index (χ1n) is 15.7. The van der Waals surface area contributed by atoms with Gasteiger partial charge in [-0.15, -0.1) is 0 Å². The molecule has 1 fully saturated rings. The minimum atomic E-state index is -0.733. The van der Waals surface area contributed by atoms with Crippen molar-refractivity contribution in [3.63, 3.8) is 0 Å². The monoisotopic (exact) mass is 591 g/mol. The van der Waals surface area contributed by atoms with E-state index in [2.05, 4.69) is 5.32 Å². The topological polar surface area (TPSA) is 69.7 Å². The maximum Gasteiger partial charge on any atom is 0.258 e. The smallest absolute Gasteiger partial charge is 0.258 e. The van der Waals surface area contributed by atoms with Crippen LogP contribution in [-0.2, 0) is 22.6 Å². The zero-order valence-corrected chi connectivity index (χ0v) is 24.9. The molecule has 1 heterocycles. The van der Waals surface area contributed by atoms with Gasteiger partial charge in [0.1, 0.15) is 11.9 Å². The van der Waals surface area contributed by atoms with Gasteiger partial charge in [-0.1, -0.05) is 86.0 Å². The van der Waals surface area contributed by atoms with Crippen molar-refractivity contribution in [3.05, 3.63) is 114 Å². The van der Waals surface area contributed by atoms with E-state index in [0.717, 1.165) is 53.3 Å². The summed E-state index contributed by atoms with van der Waals surface area (Å²) in [7, 11) is 0. The zero-order chi connectivity index (χ0) is 30.5. The molecule has 2 aliphatic rings. The molecule has 44 heavy (non-hydrogen) atoms. The molecule has 6 rings (SSSR count). The van der Waals surface area contributed by atoms with E-state index < -0.39 is 6.04 Å². The molecule has 0 bridgehead atoms. The van der Waals surface area contributed by atoms with Gasteiger partial charge in [0.15, 0.2) is 0 Å². The Balaban J connectivity index is 1.23. The number of hydrogen-bond acceptors (Lipinski definition) is 3. The van der Waals surface area contributed by atoms with Crippen molar-refractivity contribution in [1.29, 1.82) is 0 Å². The molecule has 4 aromatic carbocycles. The Bertz CT molecular complexity index is 1630. The molecule has 0 saturated heterocycles. The number of anilines is 1. The van der Waals surface area contributed by atoms with Crippen molar-refractivity contribution in [3.8, 4) is 0 Å². The molecule has 0 aromatic heterocycles. The number of amides is 3. The van der Waals surface area contributed by atoms with Crippen molar-refractivity contribution in [2.45, 2.75) is 70.0 Å². The fourth-order valence-corrected chi connectivity index (χ4v) is 6.62. The largest absolute Gasteiger partial charge is 0.352 e. The second kappa shape index (κ2) is 13.4. The van der Waals surface area contributed by atoms with E-state index in [9.17, 15) is 18.8 Å². The summed E-state index contributed by atoms with van der Waals surface area (Å²) in [6, 6.07) is 26.8. The minimum absolute atomic E-state index is 0.0544. The molecule has 226 valence electrons. The van der Waals surface area contributed by atoms with Gasteiger partial charge in [-0.2, -0.15) is 0 Å². The van der Waals surface area contributed by atoms with Crippen LogP contribution in [0.4, 0.5) is 10.1 Å². The molecule has 1 atom stereocenters. The van der Waals surface area contributed by atoms with Crippen LogP contribution in [0, 0.1) is 5.82 Å². The van der Waals surface area contributed by atoms with Crippen molar-refractivity contribution in [2.75, 3.05) is 11.4 Å². The van der Waals surface area contributed by atoms with Crippen molar-refractivity contribution in [1.82, 2.24) is 10.2 Å². The van der Waals surface area contributed by atoms with Crippen molar-refractivity contribution < 1.29 is 18.8 Å². The van der Waals surface area contributed by atoms with Gasteiger partial charge < -0.3 is 15.1 Å². The molecule has 3 amide bonds. The van der Waals surface area contributed by atoms with Crippen molar-refractivity contribution in [2.24, 2.45) is 0 Å². The highest BCUT2D eigenvalue weighted by molar-refractivity contribution is 6.25. The standard InChI is InChI=1S/C37H38FN3O3/c38-29-21-19-27(20-22-29)25-41(33(24-26-10-3-1-4-11-26)36(43)39-30-14-5-2-6-15-30)34(42)18-9-23-40-32-17-8-13-28-12-7-16-31(35(28)32)37(40)44/h1,3-4,7-8,10-13,16-17,19-22,30,33H,2,5-6,9,14-15,18,23-25H2,(H,39,43)/t33-/m0/s1. The number of carbonyl (C=O) groups excluding carboxylic acids is 3. The second-order valence-electron chi connectivity index (χ2n) is 11.9.